The highest BCUT2D eigenvalue weighted by Crippen LogP contribution is 2.19. The maximum Gasteiger partial charge on any atom is 0.254 e. The molecular weight excluding hydrogens is 178 g/mol. The zero-order chi connectivity index (χ0) is 9.97. The van der Waals surface area contributed by atoms with Gasteiger partial charge in [0, 0.05) is 0 Å². The maximum atomic E-state index is 11.4. The van der Waals surface area contributed by atoms with Crippen LogP contribution in [0.2, 0.25) is 0 Å². The second-order valence-corrected chi connectivity index (χ2v) is 2.88. The van der Waals surface area contributed by atoms with E-state index < -0.39 is 0 Å². The molecule has 0 unspecified atom stereocenters. The van der Waals surface area contributed by atoms with Gasteiger partial charge in [0.05, 0.1) is 12.1 Å². The lowest BCUT2D eigenvalue weighted by molar-refractivity contribution is -0.116. The SMILES string of the molecule is N#CC1=NN(c2ccccc2)C(=O)C1. The molecule has 0 N–H and O–H groups in total. The Kier molecular flexibility index (Phi) is 1.99. The van der Waals surface area contributed by atoms with Crippen LogP contribution in [0.1, 0.15) is 6.42 Å². The highest BCUT2D eigenvalue weighted by atomic mass is 16.2. The molecule has 1 aromatic carbocycles. The summed E-state index contributed by atoms with van der Waals surface area (Å²) in [5.74, 6) is -0.159. The molecular formula is C10H7N3O. The third-order valence-electron chi connectivity index (χ3n) is 1.91. The van der Waals surface area contributed by atoms with E-state index >= 15 is 0 Å². The van der Waals surface area contributed by atoms with Crippen molar-refractivity contribution in [3.05, 3.63) is 30.3 Å². The zero-order valence-corrected chi connectivity index (χ0v) is 7.34. The summed E-state index contributed by atoms with van der Waals surface area (Å²) >= 11 is 0. The minimum absolute atomic E-state index is 0.103. The molecule has 4 nitrogen and oxygen atoms in total. The number of carbonyl (C=O) groups excluding carboxylic acids is 1. The first-order valence-electron chi connectivity index (χ1n) is 4.17. The molecule has 0 bridgehead atoms. The molecule has 1 aromatic rings. The predicted molar refractivity (Wildman–Crippen MR) is 51.6 cm³/mol. The number of carbonyl (C=O) groups is 1. The van der Waals surface area contributed by atoms with E-state index in [4.69, 9.17) is 5.26 Å². The van der Waals surface area contributed by atoms with Crippen molar-refractivity contribution in [2.75, 3.05) is 5.01 Å². The smallest absolute Gasteiger partial charge is 0.254 e. The van der Waals surface area contributed by atoms with Gasteiger partial charge in [0.15, 0.2) is 0 Å². The van der Waals surface area contributed by atoms with Crippen molar-refractivity contribution in [1.82, 2.24) is 0 Å². The zero-order valence-electron chi connectivity index (χ0n) is 7.34. The van der Waals surface area contributed by atoms with Crippen molar-refractivity contribution in [3.8, 4) is 6.07 Å². The van der Waals surface area contributed by atoms with Crippen LogP contribution in [0.15, 0.2) is 35.4 Å². The van der Waals surface area contributed by atoms with Gasteiger partial charge in [0.2, 0.25) is 0 Å². The summed E-state index contributed by atoms with van der Waals surface area (Å²) in [7, 11) is 0. The number of anilines is 1. The standard InChI is InChI=1S/C10H7N3O/c11-7-8-6-10(14)13(12-8)9-4-2-1-3-5-9/h1-5H,6H2. The van der Waals surface area contributed by atoms with Gasteiger partial charge in [-0.2, -0.15) is 15.4 Å². The van der Waals surface area contributed by atoms with Gasteiger partial charge in [-0.3, -0.25) is 4.79 Å². The Morgan fingerprint density at radius 3 is 2.64 bits per heavy atom. The highest BCUT2D eigenvalue weighted by Gasteiger charge is 2.24. The Bertz CT molecular complexity index is 430. The first kappa shape index (κ1) is 8.45. The van der Waals surface area contributed by atoms with E-state index in [2.05, 4.69) is 5.10 Å². The van der Waals surface area contributed by atoms with Crippen LogP contribution in [-0.2, 0) is 4.79 Å². The van der Waals surface area contributed by atoms with Crippen LogP contribution in [0.4, 0.5) is 5.69 Å². The Balaban J connectivity index is 2.34. The molecule has 0 spiro atoms. The van der Waals surface area contributed by atoms with Gasteiger partial charge in [-0.05, 0) is 12.1 Å². The van der Waals surface area contributed by atoms with Crippen molar-refractivity contribution < 1.29 is 4.79 Å². The Hall–Kier alpha value is -2.15. The van der Waals surface area contributed by atoms with Crippen LogP contribution in [0.5, 0.6) is 0 Å². The number of hydrazone groups is 1. The topological polar surface area (TPSA) is 56.5 Å². The first-order valence-corrected chi connectivity index (χ1v) is 4.17. The molecule has 2 rings (SSSR count). The van der Waals surface area contributed by atoms with E-state index in [-0.39, 0.29) is 18.0 Å². The van der Waals surface area contributed by atoms with E-state index in [1.807, 2.05) is 24.3 Å². The van der Waals surface area contributed by atoms with Gasteiger partial charge >= 0.3 is 0 Å². The van der Waals surface area contributed by atoms with E-state index in [1.165, 1.54) is 5.01 Å². The third-order valence-corrected chi connectivity index (χ3v) is 1.91. The van der Waals surface area contributed by atoms with Gasteiger partial charge in [-0.15, -0.1) is 0 Å². The normalized spacial score (nSPS) is 15.2. The third kappa shape index (κ3) is 1.36. The Morgan fingerprint density at radius 2 is 2.07 bits per heavy atom. The van der Waals surface area contributed by atoms with Crippen LogP contribution < -0.4 is 5.01 Å². The van der Waals surface area contributed by atoms with Gasteiger partial charge in [-0.25, -0.2) is 0 Å². The largest absolute Gasteiger partial charge is 0.272 e. The number of rotatable bonds is 1. The van der Waals surface area contributed by atoms with Crippen molar-refractivity contribution in [3.63, 3.8) is 0 Å². The fraction of sp³-hybridized carbons (Fsp3) is 0.100. The van der Waals surface area contributed by atoms with E-state index in [9.17, 15) is 4.79 Å². The van der Waals surface area contributed by atoms with Crippen molar-refractivity contribution in [2.45, 2.75) is 6.42 Å². The molecule has 0 saturated heterocycles. The molecule has 1 heterocycles. The number of amides is 1. The van der Waals surface area contributed by atoms with E-state index in [0.29, 0.717) is 5.69 Å². The lowest BCUT2D eigenvalue weighted by atomic mass is 10.3. The summed E-state index contributed by atoms with van der Waals surface area (Å²) in [5, 5.41) is 13.7. The lowest BCUT2D eigenvalue weighted by Gasteiger charge is -2.10. The molecule has 0 aliphatic carbocycles. The molecule has 0 saturated carbocycles. The van der Waals surface area contributed by atoms with Crippen LogP contribution in [0.25, 0.3) is 0 Å². The number of nitriles is 1. The summed E-state index contributed by atoms with van der Waals surface area (Å²) in [6.07, 6.45) is 0.103. The highest BCUT2D eigenvalue weighted by molar-refractivity contribution is 6.18. The van der Waals surface area contributed by atoms with Crippen molar-refractivity contribution in [2.24, 2.45) is 5.10 Å². The lowest BCUT2D eigenvalue weighted by Crippen LogP contribution is -2.19. The van der Waals surface area contributed by atoms with E-state index in [1.54, 1.807) is 12.1 Å². The number of nitrogens with zero attached hydrogens (tertiary/aromatic N) is 3. The van der Waals surface area contributed by atoms with Crippen molar-refractivity contribution in [1.29, 1.82) is 5.26 Å². The molecule has 4 heteroatoms. The monoisotopic (exact) mass is 185 g/mol. The molecule has 0 aromatic heterocycles. The van der Waals surface area contributed by atoms with Crippen LogP contribution >= 0.6 is 0 Å². The number of hydrogen-bond acceptors (Lipinski definition) is 3. The minimum Gasteiger partial charge on any atom is -0.272 e. The predicted octanol–water partition coefficient (Wildman–Crippen LogP) is 1.30. The summed E-state index contributed by atoms with van der Waals surface area (Å²) < 4.78 is 0. The van der Waals surface area contributed by atoms with Crippen LogP contribution in [-0.4, -0.2) is 11.6 Å². The number of benzene rings is 1. The summed E-state index contributed by atoms with van der Waals surface area (Å²) in [6.45, 7) is 0. The first-order chi connectivity index (χ1) is 6.81. The summed E-state index contributed by atoms with van der Waals surface area (Å²) in [6, 6.07) is 10.9. The fourth-order valence-corrected chi connectivity index (χ4v) is 1.26. The average molecular weight is 185 g/mol. The van der Waals surface area contributed by atoms with Gasteiger partial charge in [-0.1, -0.05) is 18.2 Å². The van der Waals surface area contributed by atoms with Crippen LogP contribution in [0.3, 0.4) is 0 Å². The molecule has 68 valence electrons. The van der Waals surface area contributed by atoms with Crippen LogP contribution in [0, 0.1) is 11.3 Å². The molecule has 1 aliphatic rings. The number of hydrogen-bond donors (Lipinski definition) is 0. The molecule has 1 aliphatic heterocycles. The van der Waals surface area contributed by atoms with Gasteiger partial charge < -0.3 is 0 Å². The fourth-order valence-electron chi connectivity index (χ4n) is 1.26. The van der Waals surface area contributed by atoms with Gasteiger partial charge in [0.25, 0.3) is 5.91 Å². The summed E-state index contributed by atoms with van der Waals surface area (Å²) in [5.41, 5.74) is 0.960. The van der Waals surface area contributed by atoms with Gasteiger partial charge in [0.1, 0.15) is 11.8 Å². The second-order valence-electron chi connectivity index (χ2n) is 2.88. The molecule has 1 amide bonds. The van der Waals surface area contributed by atoms with E-state index in [0.717, 1.165) is 0 Å². The molecule has 0 atom stereocenters. The van der Waals surface area contributed by atoms with Crippen molar-refractivity contribution >= 4 is 17.3 Å². The minimum atomic E-state index is -0.159. The molecule has 14 heavy (non-hydrogen) atoms. The molecule has 0 radical (unpaired) electrons. The number of para-hydroxylation sites is 1. The second kappa shape index (κ2) is 3.30. The molecule has 0 fully saturated rings. The Labute approximate surface area is 81.1 Å². The summed E-state index contributed by atoms with van der Waals surface area (Å²) in [4.78, 5) is 11.4. The average Bonchev–Trinajstić information content (AvgIpc) is 2.61. The Morgan fingerprint density at radius 1 is 1.36 bits per heavy atom. The maximum absolute atomic E-state index is 11.4. The quantitative estimate of drug-likeness (QED) is 0.662.